The summed E-state index contributed by atoms with van der Waals surface area (Å²) >= 11 is 0. The molecular weight excluding hydrogens is 230 g/mol. The standard InChI is InChI=1S/C13H15N3O2/c17-8-9-4-5-16-12(6-9)14-15-13(16)10-2-1-3-11(18)7-10/h1-3,7,9,17-18H,4-6,8H2. The van der Waals surface area contributed by atoms with Gasteiger partial charge in [-0.05, 0) is 24.5 Å². The summed E-state index contributed by atoms with van der Waals surface area (Å²) in [7, 11) is 0. The van der Waals surface area contributed by atoms with Gasteiger partial charge in [0.15, 0.2) is 5.82 Å². The molecule has 1 aromatic heterocycles. The molecule has 0 aliphatic carbocycles. The van der Waals surface area contributed by atoms with Gasteiger partial charge in [0, 0.05) is 25.1 Å². The molecule has 1 atom stereocenters. The molecule has 1 aromatic carbocycles. The highest BCUT2D eigenvalue weighted by molar-refractivity contribution is 5.57. The lowest BCUT2D eigenvalue weighted by atomic mass is 9.99. The van der Waals surface area contributed by atoms with Crippen molar-refractivity contribution in [1.29, 1.82) is 0 Å². The first-order chi connectivity index (χ1) is 8.78. The molecule has 0 bridgehead atoms. The molecule has 0 fully saturated rings. The number of hydrogen-bond acceptors (Lipinski definition) is 4. The second-order valence-corrected chi connectivity index (χ2v) is 4.68. The summed E-state index contributed by atoms with van der Waals surface area (Å²) in [5.41, 5.74) is 0.871. The van der Waals surface area contributed by atoms with Crippen molar-refractivity contribution in [2.75, 3.05) is 6.61 Å². The van der Waals surface area contributed by atoms with E-state index >= 15 is 0 Å². The molecule has 1 aliphatic heterocycles. The van der Waals surface area contributed by atoms with E-state index in [-0.39, 0.29) is 12.4 Å². The summed E-state index contributed by atoms with van der Waals surface area (Å²) in [5, 5.41) is 27.1. The molecular formula is C13H15N3O2. The molecule has 0 amide bonds. The number of rotatable bonds is 2. The minimum atomic E-state index is 0.203. The van der Waals surface area contributed by atoms with E-state index in [9.17, 15) is 10.2 Å². The Morgan fingerprint density at radius 2 is 2.22 bits per heavy atom. The average Bonchev–Trinajstić information content (AvgIpc) is 2.81. The zero-order valence-electron chi connectivity index (χ0n) is 9.95. The normalized spacial score (nSPS) is 18.6. The second kappa shape index (κ2) is 4.42. The van der Waals surface area contributed by atoms with Crippen molar-refractivity contribution in [2.45, 2.75) is 19.4 Å². The van der Waals surface area contributed by atoms with Crippen molar-refractivity contribution >= 4 is 0 Å². The van der Waals surface area contributed by atoms with Gasteiger partial charge in [-0.15, -0.1) is 10.2 Å². The Labute approximate surface area is 105 Å². The fraction of sp³-hybridized carbons (Fsp3) is 0.385. The van der Waals surface area contributed by atoms with Crippen molar-refractivity contribution in [1.82, 2.24) is 14.8 Å². The monoisotopic (exact) mass is 245 g/mol. The maximum Gasteiger partial charge on any atom is 0.164 e. The number of benzene rings is 1. The van der Waals surface area contributed by atoms with Crippen LogP contribution < -0.4 is 0 Å². The van der Waals surface area contributed by atoms with Crippen molar-refractivity contribution in [3.05, 3.63) is 30.1 Å². The number of phenolic OH excluding ortho intramolecular Hbond substituents is 1. The number of nitrogens with zero attached hydrogens (tertiary/aromatic N) is 3. The molecule has 0 radical (unpaired) electrons. The molecule has 2 N–H and O–H groups in total. The Morgan fingerprint density at radius 1 is 1.33 bits per heavy atom. The van der Waals surface area contributed by atoms with Gasteiger partial charge in [0.1, 0.15) is 11.6 Å². The molecule has 18 heavy (non-hydrogen) atoms. The van der Waals surface area contributed by atoms with Crippen molar-refractivity contribution in [3.8, 4) is 17.1 Å². The van der Waals surface area contributed by atoms with Crippen LogP contribution in [0, 0.1) is 5.92 Å². The highest BCUT2D eigenvalue weighted by Crippen LogP contribution is 2.27. The predicted molar refractivity (Wildman–Crippen MR) is 66.0 cm³/mol. The Hall–Kier alpha value is -1.88. The highest BCUT2D eigenvalue weighted by Gasteiger charge is 2.22. The lowest BCUT2D eigenvalue weighted by Crippen LogP contribution is -2.22. The molecule has 94 valence electrons. The van der Waals surface area contributed by atoms with E-state index in [0.29, 0.717) is 5.92 Å². The SMILES string of the molecule is OCC1CCn2c(nnc2-c2cccc(O)c2)C1. The smallest absolute Gasteiger partial charge is 0.164 e. The van der Waals surface area contributed by atoms with E-state index in [1.54, 1.807) is 18.2 Å². The predicted octanol–water partition coefficient (Wildman–Crippen LogP) is 1.21. The van der Waals surface area contributed by atoms with Gasteiger partial charge in [0.2, 0.25) is 0 Å². The lowest BCUT2D eigenvalue weighted by molar-refractivity contribution is 0.199. The molecule has 5 heteroatoms. The Kier molecular flexibility index (Phi) is 2.76. The van der Waals surface area contributed by atoms with E-state index in [0.717, 1.165) is 36.6 Å². The first kappa shape index (κ1) is 11.2. The van der Waals surface area contributed by atoms with Crippen LogP contribution in [0.4, 0.5) is 0 Å². The van der Waals surface area contributed by atoms with E-state index in [1.165, 1.54) is 0 Å². The van der Waals surface area contributed by atoms with Crippen molar-refractivity contribution in [2.24, 2.45) is 5.92 Å². The molecule has 0 saturated heterocycles. The van der Waals surface area contributed by atoms with Crippen molar-refractivity contribution in [3.63, 3.8) is 0 Å². The van der Waals surface area contributed by atoms with Gasteiger partial charge >= 0.3 is 0 Å². The van der Waals surface area contributed by atoms with Crippen LogP contribution >= 0.6 is 0 Å². The van der Waals surface area contributed by atoms with Gasteiger partial charge in [-0.3, -0.25) is 0 Å². The van der Waals surface area contributed by atoms with Crippen LogP contribution in [0.3, 0.4) is 0 Å². The van der Waals surface area contributed by atoms with Crippen LogP contribution in [0.15, 0.2) is 24.3 Å². The zero-order valence-corrected chi connectivity index (χ0v) is 9.95. The highest BCUT2D eigenvalue weighted by atomic mass is 16.3. The summed E-state index contributed by atoms with van der Waals surface area (Å²) in [6.07, 6.45) is 1.70. The van der Waals surface area contributed by atoms with Gasteiger partial charge in [-0.25, -0.2) is 0 Å². The minimum absolute atomic E-state index is 0.203. The maximum atomic E-state index is 9.51. The van der Waals surface area contributed by atoms with Gasteiger partial charge in [-0.1, -0.05) is 12.1 Å². The van der Waals surface area contributed by atoms with Gasteiger partial charge in [-0.2, -0.15) is 0 Å². The number of aromatic nitrogens is 3. The summed E-state index contributed by atoms with van der Waals surface area (Å²) in [5.74, 6) is 2.23. The molecule has 2 aromatic rings. The van der Waals surface area contributed by atoms with Crippen LogP contribution in [-0.4, -0.2) is 31.6 Å². The number of fused-ring (bicyclic) bond motifs is 1. The van der Waals surface area contributed by atoms with E-state index in [4.69, 9.17) is 0 Å². The molecule has 2 heterocycles. The number of phenols is 1. The molecule has 1 aliphatic rings. The van der Waals surface area contributed by atoms with Crippen LogP contribution in [0.5, 0.6) is 5.75 Å². The first-order valence-corrected chi connectivity index (χ1v) is 6.10. The molecule has 0 saturated carbocycles. The van der Waals surface area contributed by atoms with Gasteiger partial charge < -0.3 is 14.8 Å². The Bertz CT molecular complexity index is 565. The molecule has 5 nitrogen and oxygen atoms in total. The van der Waals surface area contributed by atoms with Crippen LogP contribution in [0.25, 0.3) is 11.4 Å². The zero-order chi connectivity index (χ0) is 12.5. The number of aliphatic hydroxyl groups excluding tert-OH is 1. The number of aliphatic hydroxyl groups is 1. The van der Waals surface area contributed by atoms with Gasteiger partial charge in [0.05, 0.1) is 0 Å². The van der Waals surface area contributed by atoms with E-state index < -0.39 is 0 Å². The second-order valence-electron chi connectivity index (χ2n) is 4.68. The largest absolute Gasteiger partial charge is 0.508 e. The van der Waals surface area contributed by atoms with Crippen LogP contribution in [0.1, 0.15) is 12.2 Å². The first-order valence-electron chi connectivity index (χ1n) is 6.10. The molecule has 3 rings (SSSR count). The number of aromatic hydroxyl groups is 1. The molecule has 0 spiro atoms. The third-order valence-corrected chi connectivity index (χ3v) is 3.42. The average molecular weight is 245 g/mol. The Balaban J connectivity index is 1.98. The van der Waals surface area contributed by atoms with Crippen molar-refractivity contribution < 1.29 is 10.2 Å². The maximum absolute atomic E-state index is 9.51. The summed E-state index contributed by atoms with van der Waals surface area (Å²) < 4.78 is 2.07. The fourth-order valence-corrected chi connectivity index (χ4v) is 2.41. The quantitative estimate of drug-likeness (QED) is 0.834. The van der Waals surface area contributed by atoms with Crippen LogP contribution in [-0.2, 0) is 13.0 Å². The lowest BCUT2D eigenvalue weighted by Gasteiger charge is -2.21. The fourth-order valence-electron chi connectivity index (χ4n) is 2.41. The summed E-state index contributed by atoms with van der Waals surface area (Å²) in [6.45, 7) is 1.02. The Morgan fingerprint density at radius 3 is 3.00 bits per heavy atom. The third kappa shape index (κ3) is 1.86. The van der Waals surface area contributed by atoms with E-state index in [2.05, 4.69) is 14.8 Å². The third-order valence-electron chi connectivity index (χ3n) is 3.42. The minimum Gasteiger partial charge on any atom is -0.508 e. The summed E-state index contributed by atoms with van der Waals surface area (Å²) in [4.78, 5) is 0. The van der Waals surface area contributed by atoms with Gasteiger partial charge in [0.25, 0.3) is 0 Å². The summed E-state index contributed by atoms with van der Waals surface area (Å²) in [6, 6.07) is 7.04. The van der Waals surface area contributed by atoms with Crippen LogP contribution in [0.2, 0.25) is 0 Å². The topological polar surface area (TPSA) is 71.2 Å². The van der Waals surface area contributed by atoms with E-state index in [1.807, 2.05) is 6.07 Å². The number of hydrogen-bond donors (Lipinski definition) is 2. The molecule has 1 unspecified atom stereocenters.